The Hall–Kier alpha value is -3.52. The molecule has 0 fully saturated rings. The van der Waals surface area contributed by atoms with Crippen LogP contribution in [0.5, 0.6) is 0 Å². The van der Waals surface area contributed by atoms with E-state index in [-0.39, 0.29) is 17.6 Å². The smallest absolute Gasteiger partial charge is 0.312 e. The van der Waals surface area contributed by atoms with Crippen LogP contribution in [0.1, 0.15) is 52.8 Å². The summed E-state index contributed by atoms with van der Waals surface area (Å²) in [6.45, 7) is 10.3. The highest BCUT2D eigenvalue weighted by Gasteiger charge is 2.22. The fraction of sp³-hybridized carbons (Fsp3) is 0.360. The monoisotopic (exact) mass is 449 g/mol. The molecule has 174 valence electrons. The molecular weight excluding hydrogens is 418 g/mol. The lowest BCUT2D eigenvalue weighted by atomic mass is 10.0. The molecule has 0 saturated heterocycles. The molecule has 0 saturated carbocycles. The van der Waals surface area contributed by atoms with Crippen molar-refractivity contribution in [3.05, 3.63) is 92.8 Å². The zero-order chi connectivity index (χ0) is 24.0. The number of carbonyl (C=O) groups excluding carboxylic acids is 1. The molecular formula is C25H31N5O3. The van der Waals surface area contributed by atoms with E-state index in [2.05, 4.69) is 41.3 Å². The van der Waals surface area contributed by atoms with Crippen LogP contribution in [0.4, 0.5) is 5.69 Å². The van der Waals surface area contributed by atoms with Crippen LogP contribution in [0.2, 0.25) is 0 Å². The Labute approximate surface area is 194 Å². The van der Waals surface area contributed by atoms with Crippen molar-refractivity contribution in [1.82, 2.24) is 20.0 Å². The second kappa shape index (κ2) is 10.9. The van der Waals surface area contributed by atoms with E-state index < -0.39 is 4.92 Å². The maximum Gasteiger partial charge on any atom is 0.312 e. The highest BCUT2D eigenvalue weighted by molar-refractivity contribution is 5.94. The van der Waals surface area contributed by atoms with Gasteiger partial charge in [-0.2, -0.15) is 5.10 Å². The lowest BCUT2D eigenvalue weighted by molar-refractivity contribution is -0.386. The highest BCUT2D eigenvalue weighted by Crippen LogP contribution is 2.23. The van der Waals surface area contributed by atoms with E-state index >= 15 is 0 Å². The molecule has 0 spiro atoms. The Balaban J connectivity index is 1.67. The lowest BCUT2D eigenvalue weighted by Gasteiger charge is -2.30. The van der Waals surface area contributed by atoms with Crippen LogP contribution in [-0.2, 0) is 6.54 Å². The van der Waals surface area contributed by atoms with Gasteiger partial charge >= 0.3 is 5.69 Å². The SMILES string of the molecule is CCN(CC)C(CNC(=O)c1ccc(Cn2nc(C)c([N+](=O)[O-])c2C)cc1)c1ccccc1. The Morgan fingerprint density at radius 3 is 2.27 bits per heavy atom. The van der Waals surface area contributed by atoms with Gasteiger partial charge in [-0.05, 0) is 50.2 Å². The number of aryl methyl sites for hydroxylation is 1. The van der Waals surface area contributed by atoms with Crippen molar-refractivity contribution < 1.29 is 9.72 Å². The number of nitro groups is 1. The average molecular weight is 450 g/mol. The molecule has 33 heavy (non-hydrogen) atoms. The largest absolute Gasteiger partial charge is 0.350 e. The molecule has 8 heteroatoms. The van der Waals surface area contributed by atoms with Crippen molar-refractivity contribution in [1.29, 1.82) is 0 Å². The van der Waals surface area contributed by atoms with Gasteiger partial charge in [0.25, 0.3) is 5.91 Å². The van der Waals surface area contributed by atoms with Gasteiger partial charge in [0.15, 0.2) is 0 Å². The molecule has 1 N–H and O–H groups in total. The summed E-state index contributed by atoms with van der Waals surface area (Å²) in [5, 5.41) is 18.6. The second-order valence-electron chi connectivity index (χ2n) is 7.99. The summed E-state index contributed by atoms with van der Waals surface area (Å²) in [5.41, 5.74) is 3.63. The summed E-state index contributed by atoms with van der Waals surface area (Å²) in [7, 11) is 0. The molecule has 1 amide bonds. The molecule has 1 atom stereocenters. The minimum atomic E-state index is -0.400. The third-order valence-corrected chi connectivity index (χ3v) is 5.97. The third-order valence-electron chi connectivity index (χ3n) is 5.97. The van der Waals surface area contributed by atoms with Crippen molar-refractivity contribution in [2.45, 2.75) is 40.3 Å². The van der Waals surface area contributed by atoms with Gasteiger partial charge in [-0.25, -0.2) is 0 Å². The maximum absolute atomic E-state index is 12.8. The van der Waals surface area contributed by atoms with Crippen LogP contribution in [0, 0.1) is 24.0 Å². The first-order valence-electron chi connectivity index (χ1n) is 11.2. The number of benzene rings is 2. The van der Waals surface area contributed by atoms with Gasteiger partial charge in [-0.1, -0.05) is 56.3 Å². The van der Waals surface area contributed by atoms with Gasteiger partial charge in [-0.15, -0.1) is 0 Å². The predicted molar refractivity (Wildman–Crippen MR) is 128 cm³/mol. The number of nitrogens with zero attached hydrogens (tertiary/aromatic N) is 4. The minimum absolute atomic E-state index is 0.0483. The van der Waals surface area contributed by atoms with Gasteiger partial charge in [0.2, 0.25) is 0 Å². The normalized spacial score (nSPS) is 12.0. The Morgan fingerprint density at radius 2 is 1.73 bits per heavy atom. The number of hydrogen-bond donors (Lipinski definition) is 1. The van der Waals surface area contributed by atoms with E-state index in [1.807, 2.05) is 30.3 Å². The molecule has 0 radical (unpaired) electrons. The van der Waals surface area contributed by atoms with Crippen LogP contribution in [0.3, 0.4) is 0 Å². The number of nitrogens with one attached hydrogen (secondary N) is 1. The predicted octanol–water partition coefficient (Wildman–Crippen LogP) is 4.27. The summed E-state index contributed by atoms with van der Waals surface area (Å²) in [5.74, 6) is -0.128. The molecule has 2 aromatic carbocycles. The first-order valence-corrected chi connectivity index (χ1v) is 11.2. The molecule has 0 aliphatic rings. The van der Waals surface area contributed by atoms with Crippen molar-refractivity contribution in [2.24, 2.45) is 0 Å². The van der Waals surface area contributed by atoms with E-state index in [4.69, 9.17) is 0 Å². The summed E-state index contributed by atoms with van der Waals surface area (Å²) in [6, 6.07) is 17.6. The van der Waals surface area contributed by atoms with E-state index in [9.17, 15) is 14.9 Å². The van der Waals surface area contributed by atoms with Crippen LogP contribution >= 0.6 is 0 Å². The highest BCUT2D eigenvalue weighted by atomic mass is 16.6. The van der Waals surface area contributed by atoms with E-state index in [0.717, 1.165) is 18.7 Å². The Bertz CT molecular complexity index is 1090. The van der Waals surface area contributed by atoms with Gasteiger partial charge < -0.3 is 5.32 Å². The summed E-state index contributed by atoms with van der Waals surface area (Å²) in [6.07, 6.45) is 0. The van der Waals surface area contributed by atoms with E-state index in [1.165, 1.54) is 5.56 Å². The van der Waals surface area contributed by atoms with Crippen LogP contribution in [-0.4, -0.2) is 45.1 Å². The first-order chi connectivity index (χ1) is 15.8. The van der Waals surface area contributed by atoms with Crippen molar-refractivity contribution in [2.75, 3.05) is 19.6 Å². The maximum atomic E-state index is 12.8. The van der Waals surface area contributed by atoms with E-state index in [1.54, 1.807) is 30.7 Å². The molecule has 8 nitrogen and oxygen atoms in total. The average Bonchev–Trinajstić information content (AvgIpc) is 3.10. The number of carbonyl (C=O) groups is 1. The minimum Gasteiger partial charge on any atom is -0.350 e. The topological polar surface area (TPSA) is 93.3 Å². The van der Waals surface area contributed by atoms with Crippen LogP contribution < -0.4 is 5.32 Å². The fourth-order valence-corrected chi connectivity index (χ4v) is 4.13. The first kappa shape index (κ1) is 24.1. The fourth-order valence-electron chi connectivity index (χ4n) is 4.13. The zero-order valence-corrected chi connectivity index (χ0v) is 19.6. The molecule has 0 aliphatic carbocycles. The van der Waals surface area contributed by atoms with Gasteiger partial charge in [0, 0.05) is 12.1 Å². The molecule has 0 bridgehead atoms. The standard InChI is InChI=1S/C25H31N5O3/c1-5-28(6-2)23(21-10-8-7-9-11-21)16-26-25(31)22-14-12-20(13-15-22)17-29-19(4)24(30(32)33)18(3)27-29/h7-15,23H,5-6,16-17H2,1-4H3,(H,26,31). The van der Waals surface area contributed by atoms with Crippen LogP contribution in [0.15, 0.2) is 54.6 Å². The summed E-state index contributed by atoms with van der Waals surface area (Å²) >= 11 is 0. The summed E-state index contributed by atoms with van der Waals surface area (Å²) < 4.78 is 1.62. The molecule has 1 heterocycles. The second-order valence-corrected chi connectivity index (χ2v) is 7.99. The van der Waals surface area contributed by atoms with Gasteiger partial charge in [-0.3, -0.25) is 24.5 Å². The molecule has 1 unspecified atom stereocenters. The number of rotatable bonds is 10. The number of hydrogen-bond acceptors (Lipinski definition) is 5. The van der Waals surface area contributed by atoms with Crippen molar-refractivity contribution in [3.8, 4) is 0 Å². The number of likely N-dealkylation sites (N-methyl/N-ethyl adjacent to an activating group) is 1. The van der Waals surface area contributed by atoms with E-state index in [0.29, 0.717) is 30.0 Å². The lowest BCUT2D eigenvalue weighted by Crippen LogP contribution is -2.38. The number of aromatic nitrogens is 2. The molecule has 3 aromatic rings. The molecule has 0 aliphatic heterocycles. The quantitative estimate of drug-likeness (QED) is 0.369. The molecule has 3 rings (SSSR count). The third kappa shape index (κ3) is 5.64. The summed E-state index contributed by atoms with van der Waals surface area (Å²) in [4.78, 5) is 25.9. The Morgan fingerprint density at radius 1 is 1.09 bits per heavy atom. The zero-order valence-electron chi connectivity index (χ0n) is 19.6. The van der Waals surface area contributed by atoms with Crippen LogP contribution in [0.25, 0.3) is 0 Å². The van der Waals surface area contributed by atoms with Crippen molar-refractivity contribution >= 4 is 11.6 Å². The van der Waals surface area contributed by atoms with Gasteiger partial charge in [0.1, 0.15) is 11.4 Å². The number of amides is 1. The van der Waals surface area contributed by atoms with Gasteiger partial charge in [0.05, 0.1) is 17.5 Å². The van der Waals surface area contributed by atoms with Crippen molar-refractivity contribution in [3.63, 3.8) is 0 Å². The molecule has 1 aromatic heterocycles. The Kier molecular flexibility index (Phi) is 7.95.